The van der Waals surface area contributed by atoms with Crippen molar-refractivity contribution in [3.63, 3.8) is 0 Å². The van der Waals surface area contributed by atoms with Crippen molar-refractivity contribution in [1.29, 1.82) is 0 Å². The molecule has 10 nitrogen and oxygen atoms in total. The van der Waals surface area contributed by atoms with E-state index in [-0.39, 0.29) is 16.7 Å². The summed E-state index contributed by atoms with van der Waals surface area (Å²) in [7, 11) is -0.999. The van der Waals surface area contributed by atoms with Gasteiger partial charge >= 0.3 is 5.97 Å². The van der Waals surface area contributed by atoms with Gasteiger partial charge in [-0.15, -0.1) is 0 Å². The summed E-state index contributed by atoms with van der Waals surface area (Å²) < 4.78 is 53.2. The summed E-state index contributed by atoms with van der Waals surface area (Å²) >= 11 is 0. The van der Waals surface area contributed by atoms with Crippen LogP contribution in [0.3, 0.4) is 0 Å². The topological polar surface area (TPSA) is 130 Å². The third kappa shape index (κ3) is 9.27. The van der Waals surface area contributed by atoms with E-state index >= 15 is 0 Å². The Balaban J connectivity index is 1.78. The Morgan fingerprint density at radius 3 is 2.31 bits per heavy atom. The number of allylic oxidation sites excluding steroid dienone is 3. The first-order valence-electron chi connectivity index (χ1n) is 16.7. The lowest BCUT2D eigenvalue weighted by molar-refractivity contribution is -0.137. The molecule has 1 aromatic rings. The maximum Gasteiger partial charge on any atom is 0.303 e. The first-order chi connectivity index (χ1) is 23.1. The molecule has 0 saturated heterocycles. The summed E-state index contributed by atoms with van der Waals surface area (Å²) in [6, 6.07) is 13.1. The number of anilines is 1. The maximum atomic E-state index is 12.0. The van der Waals surface area contributed by atoms with E-state index in [0.717, 1.165) is 52.0 Å². The summed E-state index contributed by atoms with van der Waals surface area (Å²) in [5.74, 6) is 0.649. The summed E-state index contributed by atoms with van der Waals surface area (Å²) in [6.45, 7) is 13.8. The van der Waals surface area contributed by atoms with Crippen LogP contribution in [-0.2, 0) is 35.2 Å². The molecule has 266 valence electrons. The summed E-state index contributed by atoms with van der Waals surface area (Å²) in [4.78, 5) is 13.0. The molecule has 0 bridgehead atoms. The SMILES string of the molecule is COCC[N+](CCOC)=c1ccc2c(C(C)(C)C)cc(C=CC=C3N(CCCCCC(=O)O)c4ccc(S(=O)(=O)O)cc4C3(C)C)oc-2c1. The first kappa shape index (κ1) is 38.0. The normalized spacial score (nSPS) is 15.4. The molecule has 2 heterocycles. The van der Waals surface area contributed by atoms with E-state index in [0.29, 0.717) is 45.0 Å². The van der Waals surface area contributed by atoms with Crippen molar-refractivity contribution in [3.8, 4) is 11.3 Å². The van der Waals surface area contributed by atoms with Gasteiger partial charge in [-0.3, -0.25) is 9.35 Å². The Kier molecular flexibility index (Phi) is 12.3. The highest BCUT2D eigenvalue weighted by Gasteiger charge is 2.40. The summed E-state index contributed by atoms with van der Waals surface area (Å²) in [5, 5.41) is 10.1. The number of ether oxygens (including phenoxy) is 2. The van der Waals surface area contributed by atoms with E-state index < -0.39 is 21.5 Å². The van der Waals surface area contributed by atoms with Crippen LogP contribution < -0.4 is 14.8 Å². The molecular weight excluding hydrogens is 644 g/mol. The number of fused-ring (bicyclic) bond motifs is 2. The van der Waals surface area contributed by atoms with Crippen LogP contribution in [0.25, 0.3) is 17.4 Å². The minimum absolute atomic E-state index is 0.122. The van der Waals surface area contributed by atoms with Gasteiger partial charge in [0.15, 0.2) is 13.1 Å². The largest absolute Gasteiger partial charge is 0.481 e. The van der Waals surface area contributed by atoms with Crippen LogP contribution in [-0.4, -0.2) is 71.1 Å². The number of rotatable bonds is 15. The predicted octanol–water partition coefficient (Wildman–Crippen LogP) is 6.33. The van der Waals surface area contributed by atoms with Gasteiger partial charge in [-0.25, -0.2) is 4.58 Å². The molecule has 2 N–H and O–H groups in total. The standard InChI is InChI=1S/C38H50N2O8S/c1-37(2,3)31-25-28(48-34-24-27(15-17-30(31)34)39(20-22-46-6)21-23-47-7)12-11-13-35-38(4,5)32-26-29(49(43,44)45)16-18-33(32)40(35)19-10-8-9-14-36(41)42/h11-13,15-18,24-26H,8-10,14,19-23H2,1-7H3,(H-,41,42,43,44,45)/p+1. The van der Waals surface area contributed by atoms with E-state index in [1.54, 1.807) is 26.4 Å². The molecule has 1 aliphatic carbocycles. The van der Waals surface area contributed by atoms with Crippen molar-refractivity contribution >= 4 is 27.9 Å². The Hall–Kier alpha value is -3.77. The molecule has 4 rings (SSSR count). The van der Waals surface area contributed by atoms with Crippen molar-refractivity contribution in [2.24, 2.45) is 0 Å². The van der Waals surface area contributed by atoms with Gasteiger partial charge in [-0.1, -0.05) is 47.1 Å². The number of hydrogen-bond donors (Lipinski definition) is 2. The Bertz CT molecular complexity index is 1840. The minimum Gasteiger partial charge on any atom is -0.481 e. The second-order valence-corrected chi connectivity index (χ2v) is 15.4. The smallest absolute Gasteiger partial charge is 0.303 e. The minimum atomic E-state index is -4.38. The molecular formula is C38H51N2O8S+. The Labute approximate surface area is 290 Å². The quantitative estimate of drug-likeness (QED) is 0.106. The molecule has 0 saturated carbocycles. The fourth-order valence-electron chi connectivity index (χ4n) is 6.38. The van der Waals surface area contributed by atoms with Gasteiger partial charge in [-0.2, -0.15) is 8.42 Å². The van der Waals surface area contributed by atoms with Gasteiger partial charge in [0.25, 0.3) is 10.1 Å². The predicted molar refractivity (Wildman–Crippen MR) is 193 cm³/mol. The lowest BCUT2D eigenvalue weighted by Crippen LogP contribution is -2.35. The van der Waals surface area contributed by atoms with E-state index in [4.69, 9.17) is 19.0 Å². The van der Waals surface area contributed by atoms with Crippen LogP contribution >= 0.6 is 0 Å². The lowest BCUT2D eigenvalue weighted by atomic mass is 9.82. The fraction of sp³-hybridized carbons (Fsp3) is 0.474. The van der Waals surface area contributed by atoms with Gasteiger partial charge in [-0.05, 0) is 71.9 Å². The molecule has 0 unspecified atom stereocenters. The van der Waals surface area contributed by atoms with Crippen LogP contribution in [0.1, 0.15) is 77.2 Å². The van der Waals surface area contributed by atoms with Crippen molar-refractivity contribution in [2.75, 3.05) is 52.0 Å². The van der Waals surface area contributed by atoms with Crippen molar-refractivity contribution in [2.45, 2.75) is 76.0 Å². The highest BCUT2D eigenvalue weighted by molar-refractivity contribution is 7.85. The van der Waals surface area contributed by atoms with E-state index in [1.807, 2.05) is 32.1 Å². The first-order valence-corrected chi connectivity index (χ1v) is 18.2. The maximum absolute atomic E-state index is 12.0. The number of benzene rings is 2. The Morgan fingerprint density at radius 2 is 1.69 bits per heavy atom. The molecule has 0 amide bonds. The summed E-state index contributed by atoms with van der Waals surface area (Å²) in [6.07, 6.45) is 8.12. The number of carboxylic acids is 1. The zero-order valence-electron chi connectivity index (χ0n) is 29.8. The van der Waals surface area contributed by atoms with Crippen LogP contribution in [0, 0.1) is 0 Å². The van der Waals surface area contributed by atoms with Crippen LogP contribution in [0.4, 0.5) is 5.69 Å². The Morgan fingerprint density at radius 1 is 1.00 bits per heavy atom. The lowest BCUT2D eigenvalue weighted by Gasteiger charge is -2.27. The van der Waals surface area contributed by atoms with E-state index in [9.17, 15) is 17.8 Å². The summed E-state index contributed by atoms with van der Waals surface area (Å²) in [5.41, 5.74) is 4.07. The number of nitrogens with zero attached hydrogens (tertiary/aromatic N) is 2. The van der Waals surface area contributed by atoms with Gasteiger partial charge < -0.3 is 23.9 Å². The van der Waals surface area contributed by atoms with E-state index in [1.165, 1.54) is 6.07 Å². The second-order valence-electron chi connectivity index (χ2n) is 14.0. The number of carboxylic acid groups (broad SMARTS) is 1. The monoisotopic (exact) mass is 695 g/mol. The van der Waals surface area contributed by atoms with Crippen molar-refractivity contribution < 1.29 is 36.8 Å². The number of unbranched alkanes of at least 4 members (excludes halogenated alkanes) is 2. The molecule has 0 fully saturated rings. The molecule has 3 aliphatic rings. The van der Waals surface area contributed by atoms with Crippen LogP contribution in [0.15, 0.2) is 69.6 Å². The molecule has 2 aliphatic heterocycles. The molecule has 0 aromatic heterocycles. The van der Waals surface area contributed by atoms with Gasteiger partial charge in [0, 0.05) is 55.6 Å². The average Bonchev–Trinajstić information content (AvgIpc) is 3.24. The zero-order chi connectivity index (χ0) is 36.0. The van der Waals surface area contributed by atoms with Crippen molar-refractivity contribution in [3.05, 3.63) is 82.6 Å². The third-order valence-electron chi connectivity index (χ3n) is 9.02. The van der Waals surface area contributed by atoms with E-state index in [2.05, 4.69) is 54.5 Å². The third-order valence-corrected chi connectivity index (χ3v) is 9.87. The van der Waals surface area contributed by atoms with Crippen molar-refractivity contribution in [1.82, 2.24) is 4.58 Å². The average molecular weight is 696 g/mol. The number of hydrogen-bond acceptors (Lipinski definition) is 7. The molecule has 0 spiro atoms. The molecule has 1 aromatic carbocycles. The molecule has 49 heavy (non-hydrogen) atoms. The molecule has 11 heteroatoms. The highest BCUT2D eigenvalue weighted by Crippen LogP contribution is 2.48. The fourth-order valence-corrected chi connectivity index (χ4v) is 6.89. The molecule has 0 radical (unpaired) electrons. The number of methoxy groups -OCH3 is 2. The number of carbonyl (C=O) groups is 1. The molecule has 0 atom stereocenters. The number of aliphatic carboxylic acids is 1. The van der Waals surface area contributed by atoms with Gasteiger partial charge in [0.2, 0.25) is 5.36 Å². The highest BCUT2D eigenvalue weighted by atomic mass is 32.2. The zero-order valence-corrected chi connectivity index (χ0v) is 30.6. The second kappa shape index (κ2) is 15.8. The van der Waals surface area contributed by atoms with Gasteiger partial charge in [0.05, 0.1) is 11.0 Å². The van der Waals surface area contributed by atoms with Crippen LogP contribution in [0.5, 0.6) is 0 Å². The van der Waals surface area contributed by atoms with Crippen LogP contribution in [0.2, 0.25) is 0 Å². The van der Waals surface area contributed by atoms with Gasteiger partial charge in [0.1, 0.15) is 24.7 Å².